The van der Waals surface area contributed by atoms with Gasteiger partial charge in [-0.1, -0.05) is 56.3 Å². The van der Waals surface area contributed by atoms with Crippen molar-refractivity contribution < 1.29 is 18.3 Å². The Bertz CT molecular complexity index is 1290. The van der Waals surface area contributed by atoms with Crippen molar-refractivity contribution >= 4 is 9.84 Å². The summed E-state index contributed by atoms with van der Waals surface area (Å²) < 4.78 is 31.4. The Morgan fingerprint density at radius 2 is 1.06 bits per heavy atom. The van der Waals surface area contributed by atoms with E-state index in [9.17, 15) is 13.5 Å². The van der Waals surface area contributed by atoms with Crippen LogP contribution in [0.25, 0.3) is 0 Å². The topological polar surface area (TPSA) is 63.6 Å². The highest BCUT2D eigenvalue weighted by Crippen LogP contribution is 2.33. The lowest BCUT2D eigenvalue weighted by Crippen LogP contribution is -2.18. The summed E-state index contributed by atoms with van der Waals surface area (Å²) in [5.74, 6) is 1.24. The molecule has 0 saturated heterocycles. The Morgan fingerprint density at radius 1 is 0.625 bits per heavy atom. The molecule has 0 atom stereocenters. The van der Waals surface area contributed by atoms with Crippen LogP contribution in [0.2, 0.25) is 0 Å². The average molecular weight is 445 g/mol. The van der Waals surface area contributed by atoms with E-state index in [0.717, 1.165) is 0 Å². The minimum absolute atomic E-state index is 0.0193. The van der Waals surface area contributed by atoms with Gasteiger partial charge in [0.15, 0.2) is 0 Å². The van der Waals surface area contributed by atoms with Gasteiger partial charge in [0.2, 0.25) is 9.84 Å². The van der Waals surface area contributed by atoms with E-state index in [4.69, 9.17) is 4.74 Å². The van der Waals surface area contributed by atoms with Crippen LogP contribution < -0.4 is 4.74 Å². The van der Waals surface area contributed by atoms with Crippen molar-refractivity contribution in [1.82, 2.24) is 0 Å². The third-order valence-corrected chi connectivity index (χ3v) is 7.37. The second kappa shape index (κ2) is 8.52. The Labute approximate surface area is 188 Å². The highest BCUT2D eigenvalue weighted by molar-refractivity contribution is 7.91. The third kappa shape index (κ3) is 4.39. The van der Waals surface area contributed by atoms with Crippen LogP contribution in [0.4, 0.5) is 0 Å². The Kier molecular flexibility index (Phi) is 5.76. The average Bonchev–Trinajstić information content (AvgIpc) is 2.81. The molecular weight excluding hydrogens is 420 g/mol. The lowest BCUT2D eigenvalue weighted by molar-refractivity contribution is 0.475. The van der Waals surface area contributed by atoms with Gasteiger partial charge in [-0.3, -0.25) is 0 Å². The number of hydrogen-bond donors (Lipinski definition) is 1. The van der Waals surface area contributed by atoms with E-state index < -0.39 is 9.84 Å². The fourth-order valence-corrected chi connectivity index (χ4v) is 4.81. The molecule has 4 nitrogen and oxygen atoms in total. The predicted molar refractivity (Wildman–Crippen MR) is 125 cm³/mol. The molecule has 0 aliphatic heterocycles. The SMILES string of the molecule is CC(C)(c1ccccc1)c1ccc(Oc2ccc(S(=O)(=O)c3ccc(O)cc3)cc2)cc1. The molecule has 0 heterocycles. The normalized spacial score (nSPS) is 11.8. The van der Waals surface area contributed by atoms with Crippen LogP contribution in [0.5, 0.6) is 17.2 Å². The number of ether oxygens (including phenoxy) is 1. The van der Waals surface area contributed by atoms with Crippen molar-refractivity contribution in [2.45, 2.75) is 29.1 Å². The molecule has 162 valence electrons. The van der Waals surface area contributed by atoms with E-state index in [1.807, 2.05) is 42.5 Å². The highest BCUT2D eigenvalue weighted by atomic mass is 32.2. The first-order chi connectivity index (χ1) is 15.3. The zero-order chi connectivity index (χ0) is 22.8. The number of sulfone groups is 1. The first kappa shape index (κ1) is 21.7. The van der Waals surface area contributed by atoms with Crippen LogP contribution in [0.15, 0.2) is 113 Å². The molecule has 5 heteroatoms. The summed E-state index contributed by atoms with van der Waals surface area (Å²) in [5.41, 5.74) is 2.27. The predicted octanol–water partition coefficient (Wildman–Crippen LogP) is 6.34. The number of rotatable bonds is 6. The van der Waals surface area contributed by atoms with Gasteiger partial charge in [0, 0.05) is 5.41 Å². The third-order valence-electron chi connectivity index (χ3n) is 5.59. The molecule has 0 saturated carbocycles. The van der Waals surface area contributed by atoms with Crippen molar-refractivity contribution in [2.24, 2.45) is 0 Å². The smallest absolute Gasteiger partial charge is 0.206 e. The van der Waals surface area contributed by atoms with Crippen LogP contribution in [0, 0.1) is 0 Å². The Hall–Kier alpha value is -3.57. The molecule has 0 unspecified atom stereocenters. The second-order valence-corrected chi connectivity index (χ2v) is 10.0. The van der Waals surface area contributed by atoms with Gasteiger partial charge in [0.25, 0.3) is 0 Å². The van der Waals surface area contributed by atoms with Crippen molar-refractivity contribution in [3.05, 3.63) is 114 Å². The van der Waals surface area contributed by atoms with Gasteiger partial charge in [-0.05, 0) is 71.8 Å². The first-order valence-corrected chi connectivity index (χ1v) is 11.7. The molecule has 0 spiro atoms. The van der Waals surface area contributed by atoms with Gasteiger partial charge >= 0.3 is 0 Å². The van der Waals surface area contributed by atoms with E-state index in [2.05, 4.69) is 26.0 Å². The number of aromatic hydroxyl groups is 1. The van der Waals surface area contributed by atoms with Crippen LogP contribution in [-0.2, 0) is 15.3 Å². The quantitative estimate of drug-likeness (QED) is 0.377. The lowest BCUT2D eigenvalue weighted by atomic mass is 9.78. The standard InChI is InChI=1S/C27H24O4S/c1-27(2,20-6-4-3-5-7-20)21-8-12-23(13-9-21)31-24-14-18-26(19-15-24)32(29,30)25-16-10-22(28)11-17-25/h3-19,28H,1-2H3. The summed E-state index contributed by atoms with van der Waals surface area (Å²) in [6, 6.07) is 30.1. The van der Waals surface area contributed by atoms with E-state index >= 15 is 0 Å². The molecule has 0 fully saturated rings. The summed E-state index contributed by atoms with van der Waals surface area (Å²) in [6.07, 6.45) is 0. The minimum Gasteiger partial charge on any atom is -0.508 e. The van der Waals surface area contributed by atoms with Crippen LogP contribution in [0.3, 0.4) is 0 Å². The molecule has 1 N–H and O–H groups in total. The number of benzene rings is 4. The number of phenolic OH excluding ortho intramolecular Hbond substituents is 1. The van der Waals surface area contributed by atoms with Crippen molar-refractivity contribution in [3.8, 4) is 17.2 Å². The fraction of sp³-hybridized carbons (Fsp3) is 0.111. The van der Waals surface area contributed by atoms with Gasteiger partial charge in [-0.25, -0.2) is 8.42 Å². The van der Waals surface area contributed by atoms with Gasteiger partial charge in [0.05, 0.1) is 9.79 Å². The zero-order valence-electron chi connectivity index (χ0n) is 17.9. The largest absolute Gasteiger partial charge is 0.508 e. The molecule has 4 rings (SSSR count). The second-order valence-electron chi connectivity index (χ2n) is 8.09. The van der Waals surface area contributed by atoms with Crippen LogP contribution >= 0.6 is 0 Å². The van der Waals surface area contributed by atoms with Crippen molar-refractivity contribution in [1.29, 1.82) is 0 Å². The van der Waals surface area contributed by atoms with Crippen LogP contribution in [0.1, 0.15) is 25.0 Å². The van der Waals surface area contributed by atoms with Gasteiger partial charge in [0.1, 0.15) is 17.2 Å². The summed E-state index contributed by atoms with van der Waals surface area (Å²) in [6.45, 7) is 4.37. The maximum absolute atomic E-state index is 12.7. The lowest BCUT2D eigenvalue weighted by Gasteiger charge is -2.26. The fourth-order valence-electron chi connectivity index (χ4n) is 3.55. The van der Waals surface area contributed by atoms with Crippen molar-refractivity contribution in [3.63, 3.8) is 0 Å². The monoisotopic (exact) mass is 444 g/mol. The summed E-state index contributed by atoms with van der Waals surface area (Å²) >= 11 is 0. The van der Waals surface area contributed by atoms with Gasteiger partial charge in [-0.15, -0.1) is 0 Å². The van der Waals surface area contributed by atoms with E-state index in [-0.39, 0.29) is 21.0 Å². The summed E-state index contributed by atoms with van der Waals surface area (Å²) in [5, 5.41) is 9.38. The van der Waals surface area contributed by atoms with E-state index in [1.165, 1.54) is 47.5 Å². The summed E-state index contributed by atoms with van der Waals surface area (Å²) in [7, 11) is -3.66. The molecule has 0 bridgehead atoms. The molecule has 0 aliphatic rings. The maximum atomic E-state index is 12.7. The molecule has 4 aromatic carbocycles. The number of phenols is 1. The molecular formula is C27H24O4S. The maximum Gasteiger partial charge on any atom is 0.206 e. The molecule has 4 aromatic rings. The Balaban J connectivity index is 1.50. The van der Waals surface area contributed by atoms with E-state index in [1.54, 1.807) is 12.1 Å². The minimum atomic E-state index is -3.66. The number of hydrogen-bond acceptors (Lipinski definition) is 4. The zero-order valence-corrected chi connectivity index (χ0v) is 18.7. The first-order valence-electron chi connectivity index (χ1n) is 10.2. The van der Waals surface area contributed by atoms with Gasteiger partial charge < -0.3 is 9.84 Å². The Morgan fingerprint density at radius 3 is 1.59 bits per heavy atom. The highest BCUT2D eigenvalue weighted by Gasteiger charge is 2.22. The molecule has 0 radical (unpaired) electrons. The van der Waals surface area contributed by atoms with E-state index in [0.29, 0.717) is 11.5 Å². The van der Waals surface area contributed by atoms with Crippen molar-refractivity contribution in [2.75, 3.05) is 0 Å². The molecule has 0 aliphatic carbocycles. The molecule has 0 aromatic heterocycles. The van der Waals surface area contributed by atoms with Crippen LogP contribution in [-0.4, -0.2) is 13.5 Å². The summed E-state index contributed by atoms with van der Waals surface area (Å²) in [4.78, 5) is 0.288. The molecule has 0 amide bonds. The van der Waals surface area contributed by atoms with Gasteiger partial charge in [-0.2, -0.15) is 0 Å². The molecule has 32 heavy (non-hydrogen) atoms.